The molecule has 5 heteroatoms. The van der Waals surface area contributed by atoms with Crippen molar-refractivity contribution in [1.82, 2.24) is 4.57 Å². The van der Waals surface area contributed by atoms with Gasteiger partial charge in [0.25, 0.3) is 5.82 Å². The number of aryl methyl sites for hydroxylation is 1. The van der Waals surface area contributed by atoms with Gasteiger partial charge >= 0.3 is 0 Å². The molecular weight excluding hydrogens is 387 g/mol. The number of nitrogens with one attached hydrogen (secondary N) is 1. The van der Waals surface area contributed by atoms with Crippen molar-refractivity contribution in [1.29, 1.82) is 0 Å². The summed E-state index contributed by atoms with van der Waals surface area (Å²) >= 11 is 0. The van der Waals surface area contributed by atoms with Crippen LogP contribution >= 0.6 is 0 Å². The SMILES string of the molecule is CC.CC1c2ccccc2-c2n(cc[n+]2C)[C@@]1(C)CN=C/C=C\Nc1ccccc1F. The number of anilines is 1. The topological polar surface area (TPSA) is 33.2 Å². The molecule has 2 aromatic carbocycles. The first-order chi connectivity index (χ1) is 15.0. The molecule has 0 saturated carbocycles. The number of imidazole rings is 1. The van der Waals surface area contributed by atoms with Crippen LogP contribution in [0.1, 0.15) is 39.2 Å². The summed E-state index contributed by atoms with van der Waals surface area (Å²) in [5, 5.41) is 2.95. The molecule has 1 unspecified atom stereocenters. The third-order valence-corrected chi connectivity index (χ3v) is 5.96. The van der Waals surface area contributed by atoms with Gasteiger partial charge in [-0.1, -0.05) is 51.1 Å². The third kappa shape index (κ3) is 4.31. The van der Waals surface area contributed by atoms with E-state index in [-0.39, 0.29) is 11.4 Å². The highest BCUT2D eigenvalue weighted by Crippen LogP contribution is 2.44. The van der Waals surface area contributed by atoms with Crippen LogP contribution < -0.4 is 9.88 Å². The first-order valence-electron chi connectivity index (χ1n) is 10.8. The number of nitrogens with zero attached hydrogens (tertiary/aromatic N) is 3. The molecule has 3 aromatic rings. The number of rotatable bonds is 5. The Bertz CT molecular complexity index is 1080. The van der Waals surface area contributed by atoms with E-state index in [4.69, 9.17) is 0 Å². The van der Waals surface area contributed by atoms with Crippen molar-refractivity contribution in [3.8, 4) is 11.4 Å². The minimum absolute atomic E-state index is 0.172. The predicted octanol–water partition coefficient (Wildman–Crippen LogP) is 5.67. The quantitative estimate of drug-likeness (QED) is 0.419. The van der Waals surface area contributed by atoms with Crippen molar-refractivity contribution in [2.45, 2.75) is 39.2 Å². The highest BCUT2D eigenvalue weighted by atomic mass is 19.1. The molecule has 0 bridgehead atoms. The van der Waals surface area contributed by atoms with E-state index >= 15 is 0 Å². The molecule has 1 aliphatic rings. The second-order valence-electron chi connectivity index (χ2n) is 7.74. The molecule has 31 heavy (non-hydrogen) atoms. The molecule has 0 spiro atoms. The number of aliphatic imine (C=N–C) groups is 1. The molecule has 162 valence electrons. The molecular formula is C26H32FN4+. The number of benzene rings is 2. The summed E-state index contributed by atoms with van der Waals surface area (Å²) < 4.78 is 18.1. The zero-order valence-electron chi connectivity index (χ0n) is 19.0. The van der Waals surface area contributed by atoms with Crippen molar-refractivity contribution < 1.29 is 8.96 Å². The summed E-state index contributed by atoms with van der Waals surface area (Å²) in [6.45, 7) is 9.18. The molecule has 2 atom stereocenters. The molecule has 0 fully saturated rings. The van der Waals surface area contributed by atoms with E-state index in [0.717, 1.165) is 0 Å². The minimum atomic E-state index is -0.274. The van der Waals surface area contributed by atoms with E-state index in [2.05, 4.69) is 77.0 Å². The Morgan fingerprint density at radius 1 is 1.16 bits per heavy atom. The number of hydrogen-bond acceptors (Lipinski definition) is 2. The molecule has 0 amide bonds. The van der Waals surface area contributed by atoms with Gasteiger partial charge in [0.2, 0.25) is 0 Å². The van der Waals surface area contributed by atoms with E-state index in [1.807, 2.05) is 13.8 Å². The van der Waals surface area contributed by atoms with Crippen molar-refractivity contribution in [2.75, 3.05) is 11.9 Å². The van der Waals surface area contributed by atoms with Crippen LogP contribution in [-0.4, -0.2) is 17.3 Å². The highest BCUT2D eigenvalue weighted by molar-refractivity contribution is 5.72. The zero-order valence-corrected chi connectivity index (χ0v) is 19.0. The molecule has 1 aromatic heterocycles. The average molecular weight is 420 g/mol. The minimum Gasteiger partial charge on any atom is -0.359 e. The van der Waals surface area contributed by atoms with Gasteiger partial charge in [-0.25, -0.2) is 13.5 Å². The smallest absolute Gasteiger partial charge is 0.289 e. The number of halogens is 1. The molecule has 2 heterocycles. The van der Waals surface area contributed by atoms with Crippen LogP contribution in [0.4, 0.5) is 10.1 Å². The van der Waals surface area contributed by atoms with Crippen LogP contribution in [0, 0.1) is 5.82 Å². The average Bonchev–Trinajstić information content (AvgIpc) is 3.19. The summed E-state index contributed by atoms with van der Waals surface area (Å²) in [6, 6.07) is 15.2. The molecule has 0 aliphatic carbocycles. The lowest BCUT2D eigenvalue weighted by Crippen LogP contribution is -2.44. The Hall–Kier alpha value is -3.21. The Kier molecular flexibility index (Phi) is 7.06. The fraction of sp³-hybridized carbons (Fsp3) is 0.308. The molecule has 1 N–H and O–H groups in total. The summed E-state index contributed by atoms with van der Waals surface area (Å²) in [5.74, 6) is 1.24. The maximum Gasteiger partial charge on any atom is 0.289 e. The summed E-state index contributed by atoms with van der Waals surface area (Å²) in [4.78, 5) is 4.68. The molecule has 4 rings (SSSR count). The maximum absolute atomic E-state index is 13.6. The van der Waals surface area contributed by atoms with Gasteiger partial charge in [0, 0.05) is 18.3 Å². The lowest BCUT2D eigenvalue weighted by Gasteiger charge is -2.37. The Morgan fingerprint density at radius 3 is 2.65 bits per heavy atom. The van der Waals surface area contributed by atoms with Gasteiger partial charge in [-0.3, -0.25) is 4.99 Å². The van der Waals surface area contributed by atoms with E-state index in [0.29, 0.717) is 18.2 Å². The number of allylic oxidation sites excluding steroid dienone is 1. The van der Waals surface area contributed by atoms with Gasteiger partial charge in [0.05, 0.1) is 24.8 Å². The van der Waals surface area contributed by atoms with Crippen LogP contribution in [0.5, 0.6) is 0 Å². The Balaban J connectivity index is 0.00000132. The number of aromatic nitrogens is 2. The van der Waals surface area contributed by atoms with Crippen LogP contribution in [-0.2, 0) is 12.6 Å². The van der Waals surface area contributed by atoms with Gasteiger partial charge in [-0.15, -0.1) is 0 Å². The third-order valence-electron chi connectivity index (χ3n) is 5.96. The zero-order chi connectivity index (χ0) is 22.4. The van der Waals surface area contributed by atoms with E-state index in [1.54, 1.807) is 36.7 Å². The first-order valence-corrected chi connectivity index (χ1v) is 10.8. The van der Waals surface area contributed by atoms with E-state index < -0.39 is 0 Å². The van der Waals surface area contributed by atoms with Crippen LogP contribution in [0.25, 0.3) is 11.4 Å². The van der Waals surface area contributed by atoms with Gasteiger partial charge in [-0.2, -0.15) is 0 Å². The fourth-order valence-corrected chi connectivity index (χ4v) is 4.10. The summed E-state index contributed by atoms with van der Waals surface area (Å²) in [7, 11) is 2.08. The van der Waals surface area contributed by atoms with Crippen molar-refractivity contribution >= 4 is 11.9 Å². The lowest BCUT2D eigenvalue weighted by atomic mass is 9.76. The summed E-state index contributed by atoms with van der Waals surface area (Å²) in [6.07, 6.45) is 9.52. The summed E-state index contributed by atoms with van der Waals surface area (Å²) in [5.41, 5.74) is 2.91. The van der Waals surface area contributed by atoms with Gasteiger partial charge in [0.1, 0.15) is 23.7 Å². The predicted molar refractivity (Wildman–Crippen MR) is 127 cm³/mol. The first kappa shape index (κ1) is 22.5. The van der Waals surface area contributed by atoms with Crippen LogP contribution in [0.15, 0.2) is 78.2 Å². The van der Waals surface area contributed by atoms with Gasteiger partial charge in [0.15, 0.2) is 0 Å². The van der Waals surface area contributed by atoms with Crippen LogP contribution in [0.3, 0.4) is 0 Å². The number of para-hydroxylation sites is 1. The molecule has 0 radical (unpaired) electrons. The monoisotopic (exact) mass is 419 g/mol. The normalized spacial score (nSPS) is 19.6. The largest absolute Gasteiger partial charge is 0.359 e. The van der Waals surface area contributed by atoms with E-state index in [1.165, 1.54) is 23.0 Å². The van der Waals surface area contributed by atoms with Crippen molar-refractivity contribution in [3.05, 3.63) is 84.6 Å². The number of fused-ring (bicyclic) bond motifs is 3. The second kappa shape index (κ2) is 9.73. The fourth-order valence-electron chi connectivity index (χ4n) is 4.10. The molecule has 4 nitrogen and oxygen atoms in total. The van der Waals surface area contributed by atoms with Gasteiger partial charge in [-0.05, 0) is 36.8 Å². The second-order valence-corrected chi connectivity index (χ2v) is 7.74. The standard InChI is InChI=1S/C24H26FN4.C2H6/c1-18-19-9-4-5-10-20(19)23-28(3)15-16-29(23)24(18,2)17-26-13-8-14-27-22-12-7-6-11-21(22)25;1-2/h4-16,18,27H,17H2,1-3H3;1-2H3/q+1;/b14-8-,26-13?;/t18?,24-;/m0./s1. The van der Waals surface area contributed by atoms with Gasteiger partial charge < -0.3 is 5.32 Å². The maximum atomic E-state index is 13.6. The van der Waals surface area contributed by atoms with Crippen molar-refractivity contribution in [2.24, 2.45) is 12.0 Å². The van der Waals surface area contributed by atoms with Crippen molar-refractivity contribution in [3.63, 3.8) is 0 Å². The van der Waals surface area contributed by atoms with Crippen LogP contribution in [0.2, 0.25) is 0 Å². The van der Waals surface area contributed by atoms with E-state index in [9.17, 15) is 4.39 Å². The lowest BCUT2D eigenvalue weighted by molar-refractivity contribution is -0.660. The number of hydrogen-bond donors (Lipinski definition) is 1. The molecule has 0 saturated heterocycles. The Morgan fingerprint density at radius 2 is 1.87 bits per heavy atom. The highest BCUT2D eigenvalue weighted by Gasteiger charge is 2.46. The molecule has 1 aliphatic heterocycles. The Labute approximate surface area is 184 Å².